The Balaban J connectivity index is 1.55. The summed E-state index contributed by atoms with van der Waals surface area (Å²) in [6.45, 7) is 6.38. The molecule has 0 atom stereocenters. The van der Waals surface area contributed by atoms with Crippen LogP contribution in [0.3, 0.4) is 0 Å². The molecule has 0 aromatic carbocycles. The summed E-state index contributed by atoms with van der Waals surface area (Å²) in [6.07, 6.45) is 12.6. The zero-order valence-electron chi connectivity index (χ0n) is 15.0. The summed E-state index contributed by atoms with van der Waals surface area (Å²) >= 11 is 0. The van der Waals surface area contributed by atoms with Gasteiger partial charge in [0, 0.05) is 50.8 Å². The zero-order chi connectivity index (χ0) is 17.0. The van der Waals surface area contributed by atoms with Gasteiger partial charge in [0.2, 0.25) is 0 Å². The maximum Gasteiger partial charge on any atom is 0.317 e. The van der Waals surface area contributed by atoms with E-state index < -0.39 is 0 Å². The van der Waals surface area contributed by atoms with E-state index in [9.17, 15) is 4.79 Å². The van der Waals surface area contributed by atoms with Crippen LogP contribution < -0.4 is 10.2 Å². The topological polar surface area (TPSA) is 48.5 Å². The van der Waals surface area contributed by atoms with Crippen molar-refractivity contribution in [3.63, 3.8) is 0 Å². The maximum absolute atomic E-state index is 12.2. The quantitative estimate of drug-likeness (QED) is 0.702. The first-order chi connectivity index (χ1) is 11.8. The highest BCUT2D eigenvalue weighted by molar-refractivity contribution is 5.74. The van der Waals surface area contributed by atoms with E-state index in [0.29, 0.717) is 0 Å². The van der Waals surface area contributed by atoms with Crippen LogP contribution in [-0.4, -0.2) is 48.6 Å². The van der Waals surface area contributed by atoms with Crippen molar-refractivity contribution in [2.45, 2.75) is 51.9 Å². The molecule has 0 bridgehead atoms. The molecule has 0 unspecified atom stereocenters. The monoisotopic (exact) mass is 332 g/mol. The highest BCUT2D eigenvalue weighted by Crippen LogP contribution is 2.14. The third-order valence-corrected chi connectivity index (χ3v) is 4.65. The Morgan fingerprint density at radius 2 is 1.62 bits per heavy atom. The summed E-state index contributed by atoms with van der Waals surface area (Å²) in [5.74, 6) is 0. The van der Waals surface area contributed by atoms with Gasteiger partial charge in [0.05, 0.1) is 0 Å². The van der Waals surface area contributed by atoms with Crippen molar-refractivity contribution >= 4 is 11.7 Å². The van der Waals surface area contributed by atoms with Gasteiger partial charge in [-0.05, 0) is 18.6 Å². The Bertz CT molecular complexity index is 458. The Hall–Kier alpha value is -1.78. The van der Waals surface area contributed by atoms with Crippen molar-refractivity contribution in [2.24, 2.45) is 0 Å². The Labute approximate surface area is 146 Å². The summed E-state index contributed by atoms with van der Waals surface area (Å²) < 4.78 is 0. The third-order valence-electron chi connectivity index (χ3n) is 4.65. The molecule has 0 spiro atoms. The van der Waals surface area contributed by atoms with E-state index in [0.717, 1.165) is 39.1 Å². The summed E-state index contributed by atoms with van der Waals surface area (Å²) in [5.41, 5.74) is 1.19. The number of nitrogens with one attached hydrogen (secondary N) is 1. The lowest BCUT2D eigenvalue weighted by Crippen LogP contribution is -2.52. The second-order valence-corrected chi connectivity index (χ2v) is 6.53. The fraction of sp³-hybridized carbons (Fsp3) is 0.684. The van der Waals surface area contributed by atoms with E-state index in [2.05, 4.69) is 22.1 Å². The zero-order valence-corrected chi connectivity index (χ0v) is 15.0. The van der Waals surface area contributed by atoms with Crippen LogP contribution in [0.2, 0.25) is 0 Å². The molecule has 1 aromatic heterocycles. The van der Waals surface area contributed by atoms with Crippen LogP contribution >= 0.6 is 0 Å². The van der Waals surface area contributed by atoms with Crippen molar-refractivity contribution in [1.29, 1.82) is 0 Å². The molecule has 5 heteroatoms. The number of pyridine rings is 1. The van der Waals surface area contributed by atoms with Crippen LogP contribution in [-0.2, 0) is 0 Å². The number of unbranched alkanes of at least 4 members (excludes halogenated alkanes) is 6. The Morgan fingerprint density at radius 1 is 1.00 bits per heavy atom. The van der Waals surface area contributed by atoms with Crippen LogP contribution in [0.5, 0.6) is 0 Å². The molecule has 1 saturated heterocycles. The molecule has 0 aliphatic carbocycles. The predicted octanol–water partition coefficient (Wildman–Crippen LogP) is 3.66. The number of anilines is 1. The second kappa shape index (κ2) is 10.9. The largest absolute Gasteiger partial charge is 0.368 e. The van der Waals surface area contributed by atoms with E-state index in [-0.39, 0.29) is 6.03 Å². The summed E-state index contributed by atoms with van der Waals surface area (Å²) in [7, 11) is 0. The van der Waals surface area contributed by atoms with Gasteiger partial charge in [-0.1, -0.05) is 45.4 Å². The molecule has 2 rings (SSSR count). The minimum absolute atomic E-state index is 0.0929. The first-order valence-corrected chi connectivity index (χ1v) is 9.49. The third kappa shape index (κ3) is 6.38. The van der Waals surface area contributed by atoms with E-state index >= 15 is 0 Å². The molecular weight excluding hydrogens is 300 g/mol. The van der Waals surface area contributed by atoms with Gasteiger partial charge in [-0.3, -0.25) is 4.98 Å². The van der Waals surface area contributed by atoms with Gasteiger partial charge in [0.15, 0.2) is 0 Å². The summed E-state index contributed by atoms with van der Waals surface area (Å²) in [4.78, 5) is 20.5. The van der Waals surface area contributed by atoms with Gasteiger partial charge < -0.3 is 15.1 Å². The number of hydrogen-bond acceptors (Lipinski definition) is 3. The van der Waals surface area contributed by atoms with E-state index in [1.54, 1.807) is 0 Å². The molecule has 1 N–H and O–H groups in total. The fourth-order valence-electron chi connectivity index (χ4n) is 3.11. The molecule has 5 nitrogen and oxygen atoms in total. The molecule has 134 valence electrons. The fourth-order valence-corrected chi connectivity index (χ4v) is 3.11. The average Bonchev–Trinajstić information content (AvgIpc) is 2.64. The first kappa shape index (κ1) is 18.6. The van der Waals surface area contributed by atoms with Gasteiger partial charge in [0.25, 0.3) is 0 Å². The van der Waals surface area contributed by atoms with E-state index in [4.69, 9.17) is 0 Å². The van der Waals surface area contributed by atoms with Crippen molar-refractivity contribution in [3.8, 4) is 0 Å². The molecule has 0 radical (unpaired) electrons. The van der Waals surface area contributed by atoms with Crippen molar-refractivity contribution < 1.29 is 4.79 Å². The lowest BCUT2D eigenvalue weighted by molar-refractivity contribution is 0.194. The maximum atomic E-state index is 12.2. The molecule has 2 heterocycles. The minimum atomic E-state index is 0.0929. The van der Waals surface area contributed by atoms with Gasteiger partial charge in [-0.25, -0.2) is 4.79 Å². The lowest BCUT2D eigenvalue weighted by Gasteiger charge is -2.36. The Morgan fingerprint density at radius 3 is 2.29 bits per heavy atom. The van der Waals surface area contributed by atoms with Crippen LogP contribution in [0, 0.1) is 0 Å². The number of aromatic nitrogens is 1. The lowest BCUT2D eigenvalue weighted by atomic mass is 10.1. The molecule has 24 heavy (non-hydrogen) atoms. The number of piperazine rings is 1. The number of amides is 2. The van der Waals surface area contributed by atoms with Gasteiger partial charge in [0.1, 0.15) is 0 Å². The molecule has 1 fully saturated rings. The number of carbonyl (C=O) groups excluding carboxylic acids is 1. The van der Waals surface area contributed by atoms with Gasteiger partial charge in [-0.2, -0.15) is 0 Å². The second-order valence-electron chi connectivity index (χ2n) is 6.53. The summed E-state index contributed by atoms with van der Waals surface area (Å²) in [5, 5.41) is 3.07. The van der Waals surface area contributed by atoms with E-state index in [1.165, 1.54) is 44.2 Å². The van der Waals surface area contributed by atoms with E-state index in [1.807, 2.05) is 29.4 Å². The number of hydrogen-bond donors (Lipinski definition) is 1. The molecule has 1 aromatic rings. The van der Waals surface area contributed by atoms with Gasteiger partial charge >= 0.3 is 6.03 Å². The highest BCUT2D eigenvalue weighted by Gasteiger charge is 2.20. The average molecular weight is 332 g/mol. The molecular formula is C19H32N4O. The molecule has 2 amide bonds. The number of rotatable bonds is 9. The Kier molecular flexibility index (Phi) is 8.42. The van der Waals surface area contributed by atoms with Crippen molar-refractivity contribution in [1.82, 2.24) is 15.2 Å². The predicted molar refractivity (Wildman–Crippen MR) is 99.4 cm³/mol. The van der Waals surface area contributed by atoms with Crippen LogP contribution in [0.25, 0.3) is 0 Å². The summed E-state index contributed by atoms with van der Waals surface area (Å²) in [6, 6.07) is 4.14. The van der Waals surface area contributed by atoms with Gasteiger partial charge in [-0.15, -0.1) is 0 Å². The number of carbonyl (C=O) groups is 1. The smallest absolute Gasteiger partial charge is 0.317 e. The molecule has 0 saturated carbocycles. The SMILES string of the molecule is CCCCCCCCCNC(=O)N1CCN(c2ccncc2)CC1. The first-order valence-electron chi connectivity index (χ1n) is 9.49. The highest BCUT2D eigenvalue weighted by atomic mass is 16.2. The standard InChI is InChI=1S/C19H32N4O/c1-2-3-4-5-6-7-8-11-21-19(24)23-16-14-22(15-17-23)18-9-12-20-13-10-18/h9-10,12-13H,2-8,11,14-17H2,1H3,(H,21,24). The van der Waals surface area contributed by atoms with Crippen LogP contribution in [0.1, 0.15) is 51.9 Å². The van der Waals surface area contributed by atoms with Crippen molar-refractivity contribution in [3.05, 3.63) is 24.5 Å². The van der Waals surface area contributed by atoms with Crippen molar-refractivity contribution in [2.75, 3.05) is 37.6 Å². The molecule has 1 aliphatic heterocycles. The molecule has 1 aliphatic rings. The van der Waals surface area contributed by atoms with Crippen LogP contribution in [0.15, 0.2) is 24.5 Å². The number of nitrogens with zero attached hydrogens (tertiary/aromatic N) is 3. The minimum Gasteiger partial charge on any atom is -0.368 e. The van der Waals surface area contributed by atoms with Crippen LogP contribution in [0.4, 0.5) is 10.5 Å². The number of urea groups is 1. The normalized spacial score (nSPS) is 14.7.